The van der Waals surface area contributed by atoms with Gasteiger partial charge in [0.2, 0.25) is 5.91 Å². The summed E-state index contributed by atoms with van der Waals surface area (Å²) in [6, 6.07) is 16.9. The molecule has 3 fully saturated rings. The smallest absolute Gasteiger partial charge is 0.319 e. The van der Waals surface area contributed by atoms with Crippen LogP contribution in [-0.4, -0.2) is 77.6 Å². The minimum absolute atomic E-state index is 0.0669. The molecule has 7 rings (SSSR count). The van der Waals surface area contributed by atoms with Crippen LogP contribution in [0, 0.1) is 22.6 Å². The second-order valence-corrected chi connectivity index (χ2v) is 13.2. The number of aromatic nitrogens is 2. The molecule has 3 heterocycles. The summed E-state index contributed by atoms with van der Waals surface area (Å²) >= 11 is 6.63. The van der Waals surface area contributed by atoms with Crippen LogP contribution in [0.4, 0.5) is 10.2 Å². The number of hydrogen-bond acceptors (Lipinski definition) is 7. The number of anilines is 1. The van der Waals surface area contributed by atoms with Crippen molar-refractivity contribution in [3.63, 3.8) is 0 Å². The van der Waals surface area contributed by atoms with Crippen LogP contribution in [0.5, 0.6) is 6.01 Å². The highest BCUT2D eigenvalue weighted by Gasteiger charge is 2.45. The molecule has 10 heteroatoms. The van der Waals surface area contributed by atoms with Crippen molar-refractivity contribution in [2.24, 2.45) is 5.41 Å². The normalized spacial score (nSPS) is 19.4. The molecule has 1 atom stereocenters. The molecule has 3 aromatic carbocycles. The first-order valence-electron chi connectivity index (χ1n) is 16.0. The van der Waals surface area contributed by atoms with Crippen LogP contribution in [0.2, 0.25) is 5.02 Å². The maximum absolute atomic E-state index is 16.8. The number of hydrogen-bond donors (Lipinski definition) is 0. The number of fused-ring (bicyclic) bond motifs is 2. The van der Waals surface area contributed by atoms with E-state index in [-0.39, 0.29) is 35.3 Å². The molecule has 1 amide bonds. The Balaban J connectivity index is 1.30. The van der Waals surface area contributed by atoms with E-state index in [1.54, 1.807) is 11.0 Å². The van der Waals surface area contributed by atoms with E-state index in [1.165, 1.54) is 18.9 Å². The minimum Gasteiger partial charge on any atom is -0.463 e. The van der Waals surface area contributed by atoms with E-state index < -0.39 is 5.82 Å². The van der Waals surface area contributed by atoms with E-state index >= 15 is 4.39 Å². The average molecular weight is 639 g/mol. The zero-order chi connectivity index (χ0) is 31.8. The summed E-state index contributed by atoms with van der Waals surface area (Å²) in [6.07, 6.45) is 6.06. The second-order valence-electron chi connectivity index (χ2n) is 12.8. The number of rotatable bonds is 9. The monoisotopic (exact) mass is 638 g/mol. The molecule has 0 N–H and O–H groups in total. The van der Waals surface area contributed by atoms with Crippen molar-refractivity contribution in [3.05, 3.63) is 72.0 Å². The molecule has 2 aliphatic heterocycles. The molecule has 1 aliphatic carbocycles. The molecule has 236 valence electrons. The van der Waals surface area contributed by atoms with Crippen LogP contribution in [0.25, 0.3) is 32.8 Å². The first kappa shape index (κ1) is 30.4. The van der Waals surface area contributed by atoms with Crippen LogP contribution in [0.3, 0.4) is 0 Å². The molecule has 0 radical (unpaired) electrons. The Morgan fingerprint density at radius 1 is 1.09 bits per heavy atom. The molecule has 3 aliphatic rings. The third-order valence-corrected chi connectivity index (χ3v) is 10.0. The second kappa shape index (κ2) is 12.5. The van der Waals surface area contributed by atoms with Crippen molar-refractivity contribution in [2.75, 3.05) is 50.8 Å². The zero-order valence-corrected chi connectivity index (χ0v) is 26.5. The SMILES string of the molecule is C=CC(=O)N1CCN(c2nc(OCC3(CN4CCCC4)CC3)nc3c(F)c(-c4cccc5cccc(Cl)c45)ccc23)C[C@@H]1CC#N. The van der Waals surface area contributed by atoms with Gasteiger partial charge in [0.25, 0.3) is 0 Å². The van der Waals surface area contributed by atoms with E-state index in [9.17, 15) is 10.1 Å². The number of halogens is 2. The Kier molecular flexibility index (Phi) is 8.26. The number of carbonyl (C=O) groups excluding carboxylic acids is 1. The number of carbonyl (C=O) groups is 1. The number of nitrogens with zero attached hydrogens (tertiary/aromatic N) is 6. The lowest BCUT2D eigenvalue weighted by atomic mass is 9.96. The minimum atomic E-state index is -0.481. The Morgan fingerprint density at radius 3 is 2.61 bits per heavy atom. The first-order chi connectivity index (χ1) is 22.4. The highest BCUT2D eigenvalue weighted by atomic mass is 35.5. The Bertz CT molecular complexity index is 1860. The Labute approximate surface area is 273 Å². The van der Waals surface area contributed by atoms with Gasteiger partial charge in [-0.2, -0.15) is 15.2 Å². The molecule has 1 saturated carbocycles. The summed E-state index contributed by atoms with van der Waals surface area (Å²) in [5.74, 6) is -0.168. The van der Waals surface area contributed by atoms with Gasteiger partial charge in [-0.3, -0.25) is 4.79 Å². The predicted octanol–water partition coefficient (Wildman–Crippen LogP) is 6.61. The van der Waals surface area contributed by atoms with E-state index in [4.69, 9.17) is 21.3 Å². The lowest BCUT2D eigenvalue weighted by Gasteiger charge is -2.41. The van der Waals surface area contributed by atoms with Gasteiger partial charge in [0.05, 0.1) is 25.1 Å². The van der Waals surface area contributed by atoms with Gasteiger partial charge in [-0.05, 0) is 67.9 Å². The summed E-state index contributed by atoms with van der Waals surface area (Å²) in [5, 5.41) is 12.3. The molecule has 46 heavy (non-hydrogen) atoms. The fourth-order valence-corrected chi connectivity index (χ4v) is 7.34. The van der Waals surface area contributed by atoms with Crippen molar-refractivity contribution in [1.29, 1.82) is 5.26 Å². The number of benzene rings is 3. The Hall–Kier alpha value is -4.26. The number of nitriles is 1. The van der Waals surface area contributed by atoms with Crippen LogP contribution in [0.1, 0.15) is 32.1 Å². The molecular formula is C36H36ClFN6O2. The lowest BCUT2D eigenvalue weighted by Crippen LogP contribution is -2.55. The van der Waals surface area contributed by atoms with Gasteiger partial charge in [0.15, 0.2) is 5.82 Å². The van der Waals surface area contributed by atoms with E-state index in [2.05, 4.69) is 22.5 Å². The summed E-state index contributed by atoms with van der Waals surface area (Å²) < 4.78 is 23.1. The maximum Gasteiger partial charge on any atom is 0.319 e. The third-order valence-electron chi connectivity index (χ3n) is 9.70. The molecule has 0 bridgehead atoms. The lowest BCUT2D eigenvalue weighted by molar-refractivity contribution is -0.128. The highest BCUT2D eigenvalue weighted by molar-refractivity contribution is 6.36. The van der Waals surface area contributed by atoms with Gasteiger partial charge in [-0.1, -0.05) is 54.6 Å². The van der Waals surface area contributed by atoms with Crippen LogP contribution >= 0.6 is 11.6 Å². The third kappa shape index (κ3) is 5.76. The fraction of sp³-hybridized carbons (Fsp3) is 0.389. The van der Waals surface area contributed by atoms with Gasteiger partial charge in [0, 0.05) is 53.0 Å². The quantitative estimate of drug-likeness (QED) is 0.191. The summed E-state index contributed by atoms with van der Waals surface area (Å²) in [5.41, 5.74) is 1.29. The number of ether oxygens (including phenoxy) is 1. The van der Waals surface area contributed by atoms with Crippen molar-refractivity contribution in [3.8, 4) is 23.2 Å². The molecule has 4 aromatic rings. The van der Waals surface area contributed by atoms with Crippen LogP contribution in [0.15, 0.2) is 61.2 Å². The topological polar surface area (TPSA) is 85.6 Å². The summed E-state index contributed by atoms with van der Waals surface area (Å²) in [7, 11) is 0. The molecule has 1 aromatic heterocycles. The first-order valence-corrected chi connectivity index (χ1v) is 16.4. The van der Waals surface area contributed by atoms with Crippen molar-refractivity contribution >= 4 is 45.0 Å². The largest absolute Gasteiger partial charge is 0.463 e. The zero-order valence-electron chi connectivity index (χ0n) is 25.7. The van der Waals surface area contributed by atoms with Crippen LogP contribution in [-0.2, 0) is 4.79 Å². The molecule has 8 nitrogen and oxygen atoms in total. The van der Waals surface area contributed by atoms with E-state index in [0.717, 1.165) is 43.2 Å². The van der Waals surface area contributed by atoms with Gasteiger partial charge in [-0.15, -0.1) is 0 Å². The van der Waals surface area contributed by atoms with Crippen molar-refractivity contribution in [2.45, 2.75) is 38.1 Å². The van der Waals surface area contributed by atoms with E-state index in [0.29, 0.717) is 53.6 Å². The van der Waals surface area contributed by atoms with Gasteiger partial charge < -0.3 is 19.4 Å². The molecule has 0 spiro atoms. The van der Waals surface area contributed by atoms with Gasteiger partial charge in [0.1, 0.15) is 11.3 Å². The molecule has 2 saturated heterocycles. The average Bonchev–Trinajstić information content (AvgIpc) is 3.64. The van der Waals surface area contributed by atoms with E-state index in [1.807, 2.05) is 47.4 Å². The fourth-order valence-electron chi connectivity index (χ4n) is 7.05. The number of piperazine rings is 1. The van der Waals surface area contributed by atoms with Gasteiger partial charge in [-0.25, -0.2) is 4.39 Å². The number of likely N-dealkylation sites (tertiary alicyclic amines) is 1. The van der Waals surface area contributed by atoms with Crippen molar-refractivity contribution in [1.82, 2.24) is 19.8 Å². The molecular weight excluding hydrogens is 603 g/mol. The van der Waals surface area contributed by atoms with Crippen LogP contribution < -0.4 is 9.64 Å². The standard InChI is InChI=1S/C36H36ClFN6O2/c1-2-30(45)44-20-19-43(21-25(44)13-16-39)34-28-12-11-27(26-9-5-7-24-8-6-10-29(37)31(24)26)32(38)33(28)40-35(41-34)46-23-36(14-15-36)22-42-17-3-4-18-42/h2,5-12,25H,1,3-4,13-15,17-23H2/t25-/m0/s1. The summed E-state index contributed by atoms with van der Waals surface area (Å²) in [4.78, 5) is 28.3. The van der Waals surface area contributed by atoms with Gasteiger partial charge >= 0.3 is 6.01 Å². The maximum atomic E-state index is 16.8. The highest BCUT2D eigenvalue weighted by Crippen LogP contribution is 2.47. The summed E-state index contributed by atoms with van der Waals surface area (Å²) in [6.45, 7) is 8.52. The number of amides is 1. The Morgan fingerprint density at radius 2 is 1.87 bits per heavy atom. The molecule has 0 unspecified atom stereocenters. The van der Waals surface area contributed by atoms with Crippen molar-refractivity contribution < 1.29 is 13.9 Å². The predicted molar refractivity (Wildman–Crippen MR) is 178 cm³/mol.